The van der Waals surface area contributed by atoms with E-state index in [1.54, 1.807) is 23.0 Å². The number of hydrogen-bond donors (Lipinski definition) is 2. The number of H-pyrrole nitrogens is 1. The number of carbonyl (C=O) groups is 3. The highest BCUT2D eigenvalue weighted by atomic mass is 16.5. The van der Waals surface area contributed by atoms with E-state index in [4.69, 9.17) is 4.74 Å². The van der Waals surface area contributed by atoms with E-state index in [-0.39, 0.29) is 23.8 Å². The van der Waals surface area contributed by atoms with E-state index in [1.807, 2.05) is 18.2 Å². The third-order valence-corrected chi connectivity index (χ3v) is 5.56. The molecule has 0 aliphatic carbocycles. The van der Waals surface area contributed by atoms with Crippen molar-refractivity contribution < 1.29 is 19.1 Å². The Hall–Kier alpha value is -2.68. The van der Waals surface area contributed by atoms with Crippen molar-refractivity contribution in [2.75, 3.05) is 26.7 Å². The number of nitrogens with one attached hydrogen (secondary N) is 2. The molecule has 9 nitrogen and oxygen atoms in total. The van der Waals surface area contributed by atoms with Crippen molar-refractivity contribution >= 4 is 17.7 Å². The van der Waals surface area contributed by atoms with Crippen molar-refractivity contribution in [3.63, 3.8) is 0 Å². The molecule has 2 fully saturated rings. The van der Waals surface area contributed by atoms with Gasteiger partial charge in [0.1, 0.15) is 5.60 Å². The number of aromatic amines is 1. The Balaban J connectivity index is 1.48. The number of nitrogens with zero attached hydrogens (tertiary/aromatic N) is 3. The van der Waals surface area contributed by atoms with E-state index in [9.17, 15) is 14.4 Å². The first kappa shape index (κ1) is 17.7. The van der Waals surface area contributed by atoms with Crippen LogP contribution in [0.15, 0.2) is 24.4 Å². The van der Waals surface area contributed by atoms with Crippen molar-refractivity contribution in [2.24, 2.45) is 11.8 Å². The molecule has 2 N–H and O–H groups in total. The molecule has 2 bridgehead atoms. The Morgan fingerprint density at radius 1 is 1.52 bits per heavy atom. The molecule has 3 amide bonds. The van der Waals surface area contributed by atoms with Gasteiger partial charge in [0.2, 0.25) is 17.7 Å². The van der Waals surface area contributed by atoms with E-state index in [0.717, 1.165) is 5.69 Å². The van der Waals surface area contributed by atoms with Crippen LogP contribution in [0, 0.1) is 11.8 Å². The molecule has 0 radical (unpaired) electrons. The summed E-state index contributed by atoms with van der Waals surface area (Å²) in [6, 6.07) is 1.81. The fourth-order valence-corrected chi connectivity index (χ4v) is 4.38. The van der Waals surface area contributed by atoms with Crippen LogP contribution < -0.4 is 5.32 Å². The molecule has 4 heterocycles. The first-order chi connectivity index (χ1) is 12.9. The van der Waals surface area contributed by atoms with Crippen LogP contribution in [0.4, 0.5) is 0 Å². The van der Waals surface area contributed by atoms with Crippen LogP contribution in [0.2, 0.25) is 0 Å². The topological polar surface area (TPSA) is 108 Å². The number of likely N-dealkylation sites (tertiary alicyclic amines) is 1. The van der Waals surface area contributed by atoms with Gasteiger partial charge in [-0.25, -0.2) is 0 Å². The number of aromatic nitrogens is 2. The number of rotatable bonds is 6. The standard InChI is InChI=1S/C18H23N5O4/c1-11(24)19-7-8-23-10-18-5-3-13(27-18)14(15(18)17(23)26)16(25)22(2)9-12-4-6-20-21-12/h3-6,13-15H,7-10H2,1-2H3,(H,19,24)(H,20,21)/t13-,14-,15+,18-/m0/s1. The summed E-state index contributed by atoms with van der Waals surface area (Å²) >= 11 is 0. The summed E-state index contributed by atoms with van der Waals surface area (Å²) in [5.41, 5.74) is 0.0995. The van der Waals surface area contributed by atoms with E-state index in [1.165, 1.54) is 6.92 Å². The lowest BCUT2D eigenvalue weighted by atomic mass is 9.76. The predicted molar refractivity (Wildman–Crippen MR) is 94.0 cm³/mol. The molecule has 2 saturated heterocycles. The van der Waals surface area contributed by atoms with Gasteiger partial charge in [0, 0.05) is 33.3 Å². The lowest BCUT2D eigenvalue weighted by Gasteiger charge is -2.27. The highest BCUT2D eigenvalue weighted by Crippen LogP contribution is 2.52. The third-order valence-electron chi connectivity index (χ3n) is 5.56. The van der Waals surface area contributed by atoms with Crippen molar-refractivity contribution in [2.45, 2.75) is 25.2 Å². The van der Waals surface area contributed by atoms with Crippen LogP contribution in [0.25, 0.3) is 0 Å². The SMILES string of the molecule is CC(=O)NCCN1C[C@]23C=C[C@H](O2)[C@H](C(=O)N(C)Cc2ccn[nH]2)[C@@H]3C1=O. The lowest BCUT2D eigenvalue weighted by molar-refractivity contribution is -0.142. The predicted octanol–water partition coefficient (Wildman–Crippen LogP) is -0.714. The maximum atomic E-state index is 13.1. The van der Waals surface area contributed by atoms with Gasteiger partial charge < -0.3 is 19.9 Å². The minimum absolute atomic E-state index is 0.0829. The second-order valence-corrected chi connectivity index (χ2v) is 7.42. The molecule has 0 saturated carbocycles. The summed E-state index contributed by atoms with van der Waals surface area (Å²) in [7, 11) is 1.72. The largest absolute Gasteiger partial charge is 0.360 e. The summed E-state index contributed by atoms with van der Waals surface area (Å²) in [4.78, 5) is 40.5. The van der Waals surface area contributed by atoms with Gasteiger partial charge in [0.05, 0.1) is 36.7 Å². The first-order valence-electron chi connectivity index (χ1n) is 9.05. The summed E-state index contributed by atoms with van der Waals surface area (Å²) in [6.07, 6.45) is 5.10. The molecule has 1 aromatic rings. The number of ether oxygens (including phenoxy) is 1. The van der Waals surface area contributed by atoms with Crippen LogP contribution in [0.1, 0.15) is 12.6 Å². The molecule has 1 aromatic heterocycles. The minimum atomic E-state index is -0.729. The molecule has 1 spiro atoms. The van der Waals surface area contributed by atoms with Gasteiger partial charge in [-0.1, -0.05) is 12.2 Å². The average molecular weight is 373 g/mol. The highest BCUT2D eigenvalue weighted by molar-refractivity contribution is 5.93. The molecule has 27 heavy (non-hydrogen) atoms. The van der Waals surface area contributed by atoms with E-state index in [2.05, 4.69) is 15.5 Å². The van der Waals surface area contributed by atoms with Crippen LogP contribution in [0.3, 0.4) is 0 Å². The van der Waals surface area contributed by atoms with Gasteiger partial charge in [0.15, 0.2) is 0 Å². The van der Waals surface area contributed by atoms with Gasteiger partial charge >= 0.3 is 0 Å². The summed E-state index contributed by atoms with van der Waals surface area (Å²) in [5.74, 6) is -1.36. The van der Waals surface area contributed by atoms with E-state index >= 15 is 0 Å². The second-order valence-electron chi connectivity index (χ2n) is 7.42. The number of hydrogen-bond acceptors (Lipinski definition) is 5. The van der Waals surface area contributed by atoms with E-state index in [0.29, 0.717) is 26.2 Å². The van der Waals surface area contributed by atoms with Crippen LogP contribution in [-0.4, -0.2) is 76.1 Å². The Bertz CT molecular complexity index is 792. The monoisotopic (exact) mass is 373 g/mol. The Morgan fingerprint density at radius 3 is 3.04 bits per heavy atom. The zero-order chi connectivity index (χ0) is 19.2. The molecular weight excluding hydrogens is 350 g/mol. The van der Waals surface area contributed by atoms with Crippen molar-refractivity contribution in [1.29, 1.82) is 0 Å². The van der Waals surface area contributed by atoms with E-state index < -0.39 is 17.4 Å². The maximum absolute atomic E-state index is 13.1. The molecule has 0 unspecified atom stereocenters. The summed E-state index contributed by atoms with van der Waals surface area (Å²) in [5, 5.41) is 9.44. The summed E-state index contributed by atoms with van der Waals surface area (Å²) < 4.78 is 6.10. The molecular formula is C18H23N5O4. The number of fused-ring (bicyclic) bond motifs is 1. The van der Waals surface area contributed by atoms with Gasteiger partial charge in [-0.05, 0) is 6.07 Å². The summed E-state index contributed by atoms with van der Waals surface area (Å²) in [6.45, 7) is 3.04. The van der Waals surface area contributed by atoms with Gasteiger partial charge in [-0.15, -0.1) is 0 Å². The zero-order valence-corrected chi connectivity index (χ0v) is 15.3. The molecule has 144 valence electrons. The van der Waals surface area contributed by atoms with Crippen molar-refractivity contribution in [1.82, 2.24) is 25.3 Å². The Kier molecular flexibility index (Phi) is 4.26. The van der Waals surface area contributed by atoms with Crippen molar-refractivity contribution in [3.05, 3.63) is 30.1 Å². The lowest BCUT2D eigenvalue weighted by Crippen LogP contribution is -2.44. The molecule has 0 aromatic carbocycles. The normalized spacial score (nSPS) is 30.7. The molecule has 9 heteroatoms. The average Bonchev–Trinajstić information content (AvgIpc) is 3.37. The molecule has 3 aliphatic heterocycles. The molecule has 3 aliphatic rings. The third kappa shape index (κ3) is 2.91. The van der Waals surface area contributed by atoms with Crippen LogP contribution >= 0.6 is 0 Å². The minimum Gasteiger partial charge on any atom is -0.360 e. The van der Waals surface area contributed by atoms with Gasteiger partial charge in [-0.3, -0.25) is 19.5 Å². The Labute approximate surface area is 156 Å². The number of carbonyl (C=O) groups excluding carboxylic acids is 3. The van der Waals surface area contributed by atoms with Crippen LogP contribution in [-0.2, 0) is 25.7 Å². The fourth-order valence-electron chi connectivity index (χ4n) is 4.38. The smallest absolute Gasteiger partial charge is 0.230 e. The second kappa shape index (κ2) is 6.49. The number of amides is 3. The van der Waals surface area contributed by atoms with Gasteiger partial charge in [0.25, 0.3) is 0 Å². The Morgan fingerprint density at radius 2 is 2.33 bits per heavy atom. The molecule has 4 atom stereocenters. The maximum Gasteiger partial charge on any atom is 0.230 e. The highest BCUT2D eigenvalue weighted by Gasteiger charge is 2.66. The fraction of sp³-hybridized carbons (Fsp3) is 0.556. The zero-order valence-electron chi connectivity index (χ0n) is 15.3. The molecule has 4 rings (SSSR count). The quantitative estimate of drug-likeness (QED) is 0.641. The van der Waals surface area contributed by atoms with Crippen molar-refractivity contribution in [3.8, 4) is 0 Å². The van der Waals surface area contributed by atoms with Gasteiger partial charge in [-0.2, -0.15) is 5.10 Å². The first-order valence-corrected chi connectivity index (χ1v) is 9.05. The van der Waals surface area contributed by atoms with Crippen LogP contribution in [0.5, 0.6) is 0 Å².